The maximum Gasteiger partial charge on any atom is 0.0408 e. The number of nitrogens with zero attached hydrogens (tertiary/aromatic N) is 1. The van der Waals surface area contributed by atoms with Crippen LogP contribution >= 0.6 is 11.6 Å². The molecule has 0 fully saturated rings. The van der Waals surface area contributed by atoms with E-state index in [4.69, 9.17) is 17.4 Å². The van der Waals surface area contributed by atoms with Crippen LogP contribution in [0.1, 0.15) is 5.56 Å². The lowest BCUT2D eigenvalue weighted by Gasteiger charge is -2.08. The van der Waals surface area contributed by atoms with Crippen LogP contribution in [0.3, 0.4) is 0 Å². The lowest BCUT2D eigenvalue weighted by atomic mass is 10.1. The minimum Gasteiger partial charge on any atom is -0.269 e. The van der Waals surface area contributed by atoms with Crippen LogP contribution in [0.15, 0.2) is 24.3 Å². The highest BCUT2D eigenvalue weighted by atomic mass is 35.5. The number of nitrogens with two attached hydrogens (primary N) is 1. The molecule has 1 aromatic carbocycles. The fourth-order valence-corrected chi connectivity index (χ4v) is 1.21. The van der Waals surface area contributed by atoms with Gasteiger partial charge in [-0.05, 0) is 24.1 Å². The molecule has 0 aliphatic carbocycles. The Labute approximate surface area is 77.9 Å². The highest BCUT2D eigenvalue weighted by Gasteiger charge is 1.95. The highest BCUT2D eigenvalue weighted by molar-refractivity contribution is 6.30. The molecule has 0 heterocycles. The summed E-state index contributed by atoms with van der Waals surface area (Å²) in [6, 6.07) is 7.84. The molecule has 0 spiro atoms. The van der Waals surface area contributed by atoms with E-state index >= 15 is 0 Å². The summed E-state index contributed by atoms with van der Waals surface area (Å²) >= 11 is 5.82. The van der Waals surface area contributed by atoms with Gasteiger partial charge in [0.1, 0.15) is 0 Å². The predicted molar refractivity (Wildman–Crippen MR) is 52.0 cm³/mol. The molecule has 2 nitrogen and oxygen atoms in total. The fraction of sp³-hybridized carbons (Fsp3) is 0.333. The smallest absolute Gasteiger partial charge is 0.0408 e. The van der Waals surface area contributed by atoms with Crippen molar-refractivity contribution in [2.45, 2.75) is 6.42 Å². The van der Waals surface area contributed by atoms with E-state index in [2.05, 4.69) is 6.07 Å². The summed E-state index contributed by atoms with van der Waals surface area (Å²) in [5.41, 5.74) is 1.22. The van der Waals surface area contributed by atoms with Crippen LogP contribution in [-0.2, 0) is 6.42 Å². The summed E-state index contributed by atoms with van der Waals surface area (Å²) in [5, 5.41) is 2.45. The third kappa shape index (κ3) is 3.22. The average molecular weight is 185 g/mol. The number of likely N-dealkylation sites (N-methyl/N-ethyl adjacent to an activating group) is 1. The van der Waals surface area contributed by atoms with Gasteiger partial charge in [0.15, 0.2) is 0 Å². The van der Waals surface area contributed by atoms with E-state index < -0.39 is 0 Å². The van der Waals surface area contributed by atoms with E-state index in [0.717, 1.165) is 18.0 Å². The average Bonchev–Trinajstić information content (AvgIpc) is 2.01. The molecule has 0 saturated carbocycles. The molecular formula is C9H13ClN2. The van der Waals surface area contributed by atoms with Crippen molar-refractivity contribution in [3.8, 4) is 0 Å². The van der Waals surface area contributed by atoms with E-state index in [0.29, 0.717) is 0 Å². The first kappa shape index (κ1) is 9.52. The van der Waals surface area contributed by atoms with Gasteiger partial charge in [0.2, 0.25) is 0 Å². The highest BCUT2D eigenvalue weighted by Crippen LogP contribution is 2.10. The number of rotatable bonds is 3. The maximum absolute atomic E-state index is 5.82. The normalized spacial score (nSPS) is 10.7. The van der Waals surface area contributed by atoms with Gasteiger partial charge in [-0.2, -0.15) is 0 Å². The third-order valence-electron chi connectivity index (χ3n) is 1.64. The van der Waals surface area contributed by atoms with Gasteiger partial charge in [0, 0.05) is 18.6 Å². The summed E-state index contributed by atoms with van der Waals surface area (Å²) < 4.78 is 0. The molecule has 0 aliphatic rings. The van der Waals surface area contributed by atoms with Gasteiger partial charge >= 0.3 is 0 Å². The largest absolute Gasteiger partial charge is 0.269 e. The SMILES string of the molecule is CN(N)CCc1cccc(Cl)c1. The molecule has 1 aromatic rings. The van der Waals surface area contributed by atoms with E-state index in [1.165, 1.54) is 5.56 Å². The molecule has 0 amide bonds. The van der Waals surface area contributed by atoms with Crippen LogP contribution in [0.2, 0.25) is 5.02 Å². The Morgan fingerprint density at radius 1 is 1.50 bits per heavy atom. The molecule has 0 unspecified atom stereocenters. The van der Waals surface area contributed by atoms with Crippen molar-refractivity contribution in [3.63, 3.8) is 0 Å². The zero-order chi connectivity index (χ0) is 8.97. The molecule has 1 rings (SSSR count). The van der Waals surface area contributed by atoms with Gasteiger partial charge in [-0.25, -0.2) is 5.01 Å². The molecule has 66 valence electrons. The molecule has 12 heavy (non-hydrogen) atoms. The molecule has 0 radical (unpaired) electrons. The molecular weight excluding hydrogens is 172 g/mol. The molecule has 2 N–H and O–H groups in total. The summed E-state index contributed by atoms with van der Waals surface area (Å²) in [7, 11) is 1.85. The second kappa shape index (κ2) is 4.45. The third-order valence-corrected chi connectivity index (χ3v) is 1.88. The Morgan fingerprint density at radius 3 is 2.83 bits per heavy atom. The first-order valence-electron chi connectivity index (χ1n) is 3.89. The van der Waals surface area contributed by atoms with E-state index in [-0.39, 0.29) is 0 Å². The van der Waals surface area contributed by atoms with Gasteiger partial charge in [-0.15, -0.1) is 0 Å². The van der Waals surface area contributed by atoms with Crippen LogP contribution in [0.5, 0.6) is 0 Å². The lowest BCUT2D eigenvalue weighted by molar-refractivity contribution is 0.354. The first-order valence-corrected chi connectivity index (χ1v) is 4.26. The van der Waals surface area contributed by atoms with Crippen molar-refractivity contribution in [2.75, 3.05) is 13.6 Å². The standard InChI is InChI=1S/C9H13ClN2/c1-12(11)6-5-8-3-2-4-9(10)7-8/h2-4,7H,5-6,11H2,1H3. The quantitative estimate of drug-likeness (QED) is 0.572. The number of hydrogen-bond acceptors (Lipinski definition) is 2. The Kier molecular flexibility index (Phi) is 3.53. The topological polar surface area (TPSA) is 29.3 Å². The molecule has 0 atom stereocenters. The van der Waals surface area contributed by atoms with Gasteiger partial charge in [-0.1, -0.05) is 23.7 Å². The zero-order valence-electron chi connectivity index (χ0n) is 7.13. The van der Waals surface area contributed by atoms with E-state index in [1.807, 2.05) is 25.2 Å². The molecule has 0 aromatic heterocycles. The van der Waals surface area contributed by atoms with Crippen molar-refractivity contribution < 1.29 is 0 Å². The van der Waals surface area contributed by atoms with Crippen LogP contribution < -0.4 is 5.84 Å². The lowest BCUT2D eigenvalue weighted by Crippen LogP contribution is -2.28. The Balaban J connectivity index is 2.52. The molecule has 0 aliphatic heterocycles. The van der Waals surface area contributed by atoms with Gasteiger partial charge in [0.05, 0.1) is 0 Å². The van der Waals surface area contributed by atoms with Crippen molar-refractivity contribution in [3.05, 3.63) is 34.9 Å². The van der Waals surface area contributed by atoms with Crippen LogP contribution in [0, 0.1) is 0 Å². The summed E-state index contributed by atoms with van der Waals surface area (Å²) in [5.74, 6) is 5.48. The van der Waals surface area contributed by atoms with E-state index in [1.54, 1.807) is 5.01 Å². The molecule has 0 bridgehead atoms. The van der Waals surface area contributed by atoms with Gasteiger partial charge < -0.3 is 0 Å². The number of benzene rings is 1. The number of hydrazine groups is 1. The second-order valence-corrected chi connectivity index (χ2v) is 3.30. The Hall–Kier alpha value is -0.570. The van der Waals surface area contributed by atoms with Crippen molar-refractivity contribution in [1.29, 1.82) is 0 Å². The van der Waals surface area contributed by atoms with Crippen molar-refractivity contribution in [2.24, 2.45) is 5.84 Å². The van der Waals surface area contributed by atoms with Crippen molar-refractivity contribution in [1.82, 2.24) is 5.01 Å². The Bertz CT molecular complexity index is 248. The van der Waals surface area contributed by atoms with Crippen LogP contribution in [0.25, 0.3) is 0 Å². The second-order valence-electron chi connectivity index (χ2n) is 2.86. The van der Waals surface area contributed by atoms with E-state index in [9.17, 15) is 0 Å². The van der Waals surface area contributed by atoms with Crippen molar-refractivity contribution >= 4 is 11.6 Å². The maximum atomic E-state index is 5.82. The monoisotopic (exact) mass is 184 g/mol. The summed E-state index contributed by atoms with van der Waals surface area (Å²) in [4.78, 5) is 0. The predicted octanol–water partition coefficient (Wildman–Crippen LogP) is 1.69. The van der Waals surface area contributed by atoms with Gasteiger partial charge in [-0.3, -0.25) is 5.84 Å². The molecule has 3 heteroatoms. The minimum atomic E-state index is 0.784. The zero-order valence-corrected chi connectivity index (χ0v) is 7.88. The summed E-state index contributed by atoms with van der Waals surface area (Å²) in [6.07, 6.45) is 0.938. The molecule has 0 saturated heterocycles. The van der Waals surface area contributed by atoms with Gasteiger partial charge in [0.25, 0.3) is 0 Å². The minimum absolute atomic E-state index is 0.784. The van der Waals surface area contributed by atoms with Crippen LogP contribution in [0.4, 0.5) is 0 Å². The fourth-order valence-electron chi connectivity index (χ4n) is 0.998. The summed E-state index contributed by atoms with van der Waals surface area (Å²) in [6.45, 7) is 0.848. The Morgan fingerprint density at radius 2 is 2.25 bits per heavy atom. The van der Waals surface area contributed by atoms with Crippen LogP contribution in [-0.4, -0.2) is 18.6 Å². The number of halogens is 1. The first-order chi connectivity index (χ1) is 5.68. The number of hydrogen-bond donors (Lipinski definition) is 1.